The lowest BCUT2D eigenvalue weighted by atomic mass is 10.4. The summed E-state index contributed by atoms with van der Waals surface area (Å²) >= 11 is 0. The van der Waals surface area contributed by atoms with E-state index in [4.69, 9.17) is 29.7 Å². The molecular weight excluding hydrogens is 589 g/mol. The maximum Gasteiger partial charge on any atom is 0.722 e. The summed E-state index contributed by atoms with van der Waals surface area (Å²) in [5.74, 6) is -1.11. The van der Waals surface area contributed by atoms with Gasteiger partial charge in [0.1, 0.15) is 0 Å². The fraction of sp³-hybridized carbons (Fsp3) is 0.739. The third-order valence-electron chi connectivity index (χ3n) is 3.84. The summed E-state index contributed by atoms with van der Waals surface area (Å²) in [7, 11) is -17.2. The van der Waals surface area contributed by atoms with Gasteiger partial charge in [-0.1, -0.05) is 13.2 Å². The average molecular weight is 641 g/mol. The van der Waals surface area contributed by atoms with Crippen LogP contribution >= 0.6 is 0 Å². The van der Waals surface area contributed by atoms with E-state index in [2.05, 4.69) is 52.4 Å². The van der Waals surface area contributed by atoms with Gasteiger partial charge in [0, 0.05) is 17.2 Å². The molecule has 0 aromatic carbocycles. The van der Waals surface area contributed by atoms with Crippen LogP contribution in [0, 0.1) is 0 Å². The Morgan fingerprint density at radius 1 is 0.579 bits per heavy atom. The first kappa shape index (κ1) is 37.5. The second-order valence-corrected chi connectivity index (χ2v) is 37.4. The molecule has 0 fully saturated rings. The van der Waals surface area contributed by atoms with Crippen LogP contribution in [0.15, 0.2) is 24.3 Å². The molecule has 0 atom stereocenters. The van der Waals surface area contributed by atoms with Gasteiger partial charge in [-0.25, -0.2) is 9.59 Å². The summed E-state index contributed by atoms with van der Waals surface area (Å²) < 4.78 is 45.0. The van der Waals surface area contributed by atoms with Gasteiger partial charge >= 0.3 is 29.8 Å². The predicted molar refractivity (Wildman–Crippen MR) is 166 cm³/mol. The van der Waals surface area contributed by atoms with Gasteiger partial charge < -0.3 is 29.7 Å². The van der Waals surface area contributed by atoms with E-state index in [1.807, 2.05) is 39.3 Å². The van der Waals surface area contributed by atoms with Gasteiger partial charge in [0.15, 0.2) is 33.3 Å². The van der Waals surface area contributed by atoms with E-state index < -0.39 is 63.1 Å². The van der Waals surface area contributed by atoms with E-state index in [1.165, 1.54) is 0 Å². The van der Waals surface area contributed by atoms with Crippen LogP contribution in [-0.4, -0.2) is 69.7 Å². The fourth-order valence-corrected chi connectivity index (χ4v) is 23.9. The number of carbonyl (C=O) groups excluding carboxylic acids is 2. The zero-order valence-electron chi connectivity index (χ0n) is 26.2. The third kappa shape index (κ3) is 16.6. The molecule has 15 heteroatoms. The highest BCUT2D eigenvalue weighted by Crippen LogP contribution is 2.34. The van der Waals surface area contributed by atoms with Crippen LogP contribution in [-0.2, 0) is 39.3 Å². The number of esters is 1. The topological polar surface area (TPSA) is 98.8 Å². The molecule has 0 rings (SSSR count). The quantitative estimate of drug-likeness (QED) is 0.0773. The van der Waals surface area contributed by atoms with Gasteiger partial charge in [0.2, 0.25) is 0 Å². The summed E-state index contributed by atoms with van der Waals surface area (Å²) in [4.78, 5) is 24.9. The van der Waals surface area contributed by atoms with Crippen molar-refractivity contribution in [1.82, 2.24) is 0 Å². The number of hydrogen-bond donors (Lipinski definition) is 0. The molecule has 9 nitrogen and oxygen atoms in total. The van der Waals surface area contributed by atoms with Gasteiger partial charge in [0.25, 0.3) is 0 Å². The van der Waals surface area contributed by atoms with E-state index in [9.17, 15) is 9.59 Å². The van der Waals surface area contributed by atoms with Gasteiger partial charge in [-0.2, -0.15) is 0 Å². The maximum atomic E-state index is 13.0. The Morgan fingerprint density at radius 3 is 1.26 bits per heavy atom. The predicted octanol–water partition coefficient (Wildman–Crippen LogP) is 6.41. The van der Waals surface area contributed by atoms with Crippen LogP contribution in [0.1, 0.15) is 20.3 Å². The van der Waals surface area contributed by atoms with Crippen molar-refractivity contribution in [2.24, 2.45) is 0 Å². The van der Waals surface area contributed by atoms with Crippen molar-refractivity contribution in [2.75, 3.05) is 6.61 Å². The van der Waals surface area contributed by atoms with Crippen molar-refractivity contribution in [3.8, 4) is 0 Å². The number of rotatable bonds is 17. The van der Waals surface area contributed by atoms with E-state index >= 15 is 0 Å². The zero-order valence-corrected chi connectivity index (χ0v) is 32.2. The van der Waals surface area contributed by atoms with E-state index in [-0.39, 0.29) is 12.2 Å². The minimum atomic E-state index is -4.18. The number of hydrogen-bond acceptors (Lipinski definition) is 9. The first-order chi connectivity index (χ1) is 16.7. The molecule has 0 aromatic rings. The highest BCUT2D eigenvalue weighted by atomic mass is 28.5. The first-order valence-electron chi connectivity index (χ1n) is 12.9. The highest BCUT2D eigenvalue weighted by molar-refractivity contribution is 6.91. The third-order valence-corrected chi connectivity index (χ3v) is 21.8. The molecule has 0 aromatic heterocycles. The van der Waals surface area contributed by atoms with Crippen LogP contribution in [0.25, 0.3) is 0 Å². The summed E-state index contributed by atoms with van der Waals surface area (Å²) in [6.07, 6.45) is 0.416. The summed E-state index contributed by atoms with van der Waals surface area (Å²) in [5, 5.41) is 0. The molecule has 0 amide bonds. The number of ether oxygens (including phenoxy) is 1. The molecule has 0 aliphatic heterocycles. The fourth-order valence-electron chi connectivity index (χ4n) is 2.99. The van der Waals surface area contributed by atoms with Crippen molar-refractivity contribution in [1.29, 1.82) is 0 Å². The van der Waals surface area contributed by atoms with Crippen molar-refractivity contribution in [3.05, 3.63) is 24.3 Å². The Hall–Kier alpha value is -0.479. The largest absolute Gasteiger partial charge is 0.722 e. The van der Waals surface area contributed by atoms with E-state index in [0.717, 1.165) is 0 Å². The Morgan fingerprint density at radius 2 is 0.947 bits per heavy atom. The van der Waals surface area contributed by atoms with Crippen molar-refractivity contribution < 1.29 is 39.3 Å². The van der Waals surface area contributed by atoms with Gasteiger partial charge in [-0.15, -0.1) is 0 Å². The molecule has 0 saturated heterocycles. The molecule has 0 aliphatic rings. The monoisotopic (exact) mass is 640 g/mol. The molecule has 0 bridgehead atoms. The lowest BCUT2D eigenvalue weighted by molar-refractivity contribution is -0.139. The Labute approximate surface area is 237 Å². The second kappa shape index (κ2) is 13.9. The molecule has 0 unspecified atom stereocenters. The summed E-state index contributed by atoms with van der Waals surface area (Å²) in [6, 6.07) is 0.328. The maximum absolute atomic E-state index is 13.0. The summed E-state index contributed by atoms with van der Waals surface area (Å²) in [6.45, 7) is 34.9. The highest BCUT2D eigenvalue weighted by Gasteiger charge is 2.63. The Kier molecular flexibility index (Phi) is 13.8. The minimum absolute atomic E-state index is 0.137. The molecule has 38 heavy (non-hydrogen) atoms. The van der Waals surface area contributed by atoms with E-state index in [1.54, 1.807) is 13.8 Å². The van der Waals surface area contributed by atoms with Crippen molar-refractivity contribution >= 4 is 63.1 Å². The smallest absolute Gasteiger partial charge is 0.462 e. The minimum Gasteiger partial charge on any atom is -0.462 e. The molecule has 222 valence electrons. The summed E-state index contributed by atoms with van der Waals surface area (Å²) in [5.41, 5.74) is 0.534. The Balaban J connectivity index is 6.91. The average Bonchev–Trinajstić information content (AvgIpc) is 2.58. The van der Waals surface area contributed by atoms with E-state index in [0.29, 0.717) is 18.0 Å². The molecule has 0 radical (unpaired) electrons. The first-order valence-corrected chi connectivity index (χ1v) is 30.1. The molecule has 0 aliphatic carbocycles. The van der Waals surface area contributed by atoms with Crippen LogP contribution in [0.5, 0.6) is 0 Å². The van der Waals surface area contributed by atoms with Crippen LogP contribution in [0.4, 0.5) is 0 Å². The SMILES string of the molecule is C=C(C)C(=O)OCCC[Si](O[Si](C)(C)C)(O[Si](C)(C)C)O[Si](OC(=O)C(=C)C)(O[Si](C)(C)C)O[Si](C)(C)C. The normalized spacial score (nSPS) is 13.7. The van der Waals surface area contributed by atoms with Crippen molar-refractivity contribution in [2.45, 2.75) is 105 Å². The van der Waals surface area contributed by atoms with Crippen LogP contribution < -0.4 is 0 Å². The molecular formula is C23H52O9Si6. The molecule has 0 N–H and O–H groups in total. The number of carbonyl (C=O) groups is 2. The second-order valence-electron chi connectivity index (χ2n) is 13.3. The lowest BCUT2D eigenvalue weighted by Gasteiger charge is -2.45. The lowest BCUT2D eigenvalue weighted by Crippen LogP contribution is -2.68. The van der Waals surface area contributed by atoms with Gasteiger partial charge in [-0.3, -0.25) is 0 Å². The Bertz CT molecular complexity index is 819. The van der Waals surface area contributed by atoms with Crippen LogP contribution in [0.3, 0.4) is 0 Å². The van der Waals surface area contributed by atoms with Crippen LogP contribution in [0.2, 0.25) is 84.6 Å². The molecule has 0 spiro atoms. The molecule has 0 saturated carbocycles. The van der Waals surface area contributed by atoms with Crippen molar-refractivity contribution in [3.63, 3.8) is 0 Å². The zero-order chi connectivity index (χ0) is 30.4. The van der Waals surface area contributed by atoms with Gasteiger partial charge in [0.05, 0.1) is 6.61 Å². The standard InChI is InChI=1S/C23H52O9Si6/c1-20(2)22(24)26-18-17-19-37(28-33(5,6)7,29-34(8,9)10)32-38(30-35(11,12)13,31-36(14,15)16)27-23(25)21(3)4/h1,3,17-19H2,2,4-16H3. The molecule has 0 heterocycles. The van der Waals surface area contributed by atoms with Gasteiger partial charge in [-0.05, 0) is 98.8 Å².